The van der Waals surface area contributed by atoms with Gasteiger partial charge in [0, 0.05) is 23.0 Å². The molecule has 0 fully saturated rings. The van der Waals surface area contributed by atoms with E-state index in [0.717, 1.165) is 25.4 Å². The second-order valence-electron chi connectivity index (χ2n) is 7.75. The van der Waals surface area contributed by atoms with Gasteiger partial charge in [0.25, 0.3) is 0 Å². The summed E-state index contributed by atoms with van der Waals surface area (Å²) in [5, 5.41) is 0. The number of thioether (sulfide) groups is 8. The van der Waals surface area contributed by atoms with E-state index in [0.29, 0.717) is 75.1 Å². The molecule has 0 saturated heterocycles. The van der Waals surface area contributed by atoms with E-state index in [9.17, 15) is 19.2 Å². The normalized spacial score (nSPS) is 15.0. The standard InChI is InChI=1S/C26H36O8S8/c1-5-31-17(27)9-13-35-21-22(36-14-10-18(28)32-6-2)40-25(39-21)26-41-23(37-15-11-19(29)33-7-3)24(42-26)38-16-12-20(30)34-8-4/h5-16H2,1-4H3. The van der Waals surface area contributed by atoms with Crippen LogP contribution in [0.1, 0.15) is 53.4 Å². The third kappa shape index (κ3) is 14.8. The number of ether oxygens (including phenoxy) is 4. The van der Waals surface area contributed by atoms with Crippen LogP contribution < -0.4 is 0 Å². The molecule has 0 aromatic heterocycles. The molecule has 0 atom stereocenters. The molecule has 0 radical (unpaired) electrons. The van der Waals surface area contributed by atoms with E-state index in [1.54, 1.807) is 122 Å². The number of carbonyl (C=O) groups excluding carboxylic acids is 4. The monoisotopic (exact) mass is 732 g/mol. The first-order valence-corrected chi connectivity index (χ1v) is 20.6. The number of hydrogen-bond acceptors (Lipinski definition) is 16. The summed E-state index contributed by atoms with van der Waals surface area (Å²) in [6.45, 7) is 8.65. The van der Waals surface area contributed by atoms with Crippen LogP contribution in [0.25, 0.3) is 0 Å². The van der Waals surface area contributed by atoms with Crippen molar-refractivity contribution in [3.8, 4) is 0 Å². The Morgan fingerprint density at radius 3 is 0.857 bits per heavy atom. The van der Waals surface area contributed by atoms with Crippen LogP contribution in [0.3, 0.4) is 0 Å². The predicted octanol–water partition coefficient (Wildman–Crippen LogP) is 8.07. The van der Waals surface area contributed by atoms with Crippen molar-refractivity contribution < 1.29 is 38.1 Å². The molecule has 0 unspecified atom stereocenters. The van der Waals surface area contributed by atoms with Crippen LogP contribution in [0.5, 0.6) is 0 Å². The average Bonchev–Trinajstić information content (AvgIpc) is 3.53. The molecule has 0 spiro atoms. The zero-order valence-electron chi connectivity index (χ0n) is 24.0. The van der Waals surface area contributed by atoms with Gasteiger partial charge in [0.05, 0.1) is 77.5 Å². The quantitative estimate of drug-likeness (QED) is 0.0889. The Bertz CT molecular complexity index is 887. The second kappa shape index (κ2) is 22.4. The minimum Gasteiger partial charge on any atom is -0.466 e. The van der Waals surface area contributed by atoms with Crippen molar-refractivity contribution in [3.63, 3.8) is 0 Å². The van der Waals surface area contributed by atoms with E-state index in [2.05, 4.69) is 0 Å². The fraction of sp³-hybridized carbons (Fsp3) is 0.615. The molecule has 2 aliphatic heterocycles. The van der Waals surface area contributed by atoms with Gasteiger partial charge in [-0.1, -0.05) is 47.0 Å². The highest BCUT2D eigenvalue weighted by Gasteiger charge is 2.31. The molecule has 2 rings (SSSR count). The molecule has 8 nitrogen and oxygen atoms in total. The Labute approximate surface area is 282 Å². The van der Waals surface area contributed by atoms with Crippen molar-refractivity contribution in [2.75, 3.05) is 49.4 Å². The van der Waals surface area contributed by atoms with E-state index in [1.165, 1.54) is 0 Å². The molecule has 0 bridgehead atoms. The van der Waals surface area contributed by atoms with E-state index in [1.807, 2.05) is 0 Å². The maximum Gasteiger partial charge on any atom is 0.306 e. The van der Waals surface area contributed by atoms with E-state index < -0.39 is 0 Å². The molecule has 236 valence electrons. The van der Waals surface area contributed by atoms with Crippen LogP contribution in [0, 0.1) is 0 Å². The van der Waals surface area contributed by atoms with Gasteiger partial charge in [0.15, 0.2) is 0 Å². The molecule has 2 heterocycles. The summed E-state index contributed by atoms with van der Waals surface area (Å²) in [6.07, 6.45) is 1.31. The highest BCUT2D eigenvalue weighted by atomic mass is 32.3. The van der Waals surface area contributed by atoms with Gasteiger partial charge >= 0.3 is 23.9 Å². The van der Waals surface area contributed by atoms with Gasteiger partial charge in [-0.2, -0.15) is 0 Å². The number of hydrogen-bond donors (Lipinski definition) is 0. The van der Waals surface area contributed by atoms with Gasteiger partial charge in [-0.25, -0.2) is 0 Å². The van der Waals surface area contributed by atoms with Gasteiger partial charge in [-0.05, 0) is 27.7 Å². The molecule has 42 heavy (non-hydrogen) atoms. The van der Waals surface area contributed by atoms with Crippen molar-refractivity contribution in [1.82, 2.24) is 0 Å². The topological polar surface area (TPSA) is 105 Å². The minimum atomic E-state index is -0.212. The molecule has 0 N–H and O–H groups in total. The zero-order valence-corrected chi connectivity index (χ0v) is 30.5. The highest BCUT2D eigenvalue weighted by molar-refractivity contribution is 8.45. The average molecular weight is 733 g/mol. The van der Waals surface area contributed by atoms with E-state index >= 15 is 0 Å². The van der Waals surface area contributed by atoms with Crippen LogP contribution in [0.2, 0.25) is 0 Å². The largest absolute Gasteiger partial charge is 0.466 e. The maximum atomic E-state index is 11.9. The molecular weight excluding hydrogens is 697 g/mol. The fourth-order valence-electron chi connectivity index (χ4n) is 2.91. The molecule has 0 saturated carbocycles. The lowest BCUT2D eigenvalue weighted by atomic mass is 10.5. The van der Waals surface area contributed by atoms with Gasteiger partial charge in [0.2, 0.25) is 0 Å². The van der Waals surface area contributed by atoms with Gasteiger partial charge in [-0.3, -0.25) is 19.2 Å². The van der Waals surface area contributed by atoms with Crippen LogP contribution >= 0.6 is 94.1 Å². The first kappa shape index (κ1) is 38.1. The van der Waals surface area contributed by atoms with Crippen LogP contribution in [-0.2, 0) is 38.1 Å². The third-order valence-electron chi connectivity index (χ3n) is 4.62. The predicted molar refractivity (Wildman–Crippen MR) is 186 cm³/mol. The fourth-order valence-corrected chi connectivity index (χ4v) is 14.9. The number of carbonyl (C=O) groups is 4. The van der Waals surface area contributed by atoms with Crippen molar-refractivity contribution in [1.29, 1.82) is 0 Å². The lowest BCUT2D eigenvalue weighted by Gasteiger charge is -2.05. The SMILES string of the molecule is CCOC(=O)CCSC1=C(SCCC(=O)OCC)SC(=C2SC(SCCC(=O)OCC)=C(SCCC(=O)OCC)S2)S1. The van der Waals surface area contributed by atoms with Crippen molar-refractivity contribution in [2.45, 2.75) is 53.4 Å². The molecule has 0 aromatic carbocycles. The van der Waals surface area contributed by atoms with Crippen LogP contribution in [0.15, 0.2) is 25.4 Å². The first-order valence-electron chi connectivity index (χ1n) is 13.4. The van der Waals surface area contributed by atoms with Gasteiger partial charge < -0.3 is 18.9 Å². The van der Waals surface area contributed by atoms with Crippen molar-refractivity contribution in [2.24, 2.45) is 0 Å². The first-order chi connectivity index (χ1) is 20.3. The Kier molecular flexibility index (Phi) is 20.3. The van der Waals surface area contributed by atoms with Gasteiger partial charge in [-0.15, -0.1) is 47.0 Å². The minimum absolute atomic E-state index is 0.212. The Balaban J connectivity index is 2.11. The summed E-state index contributed by atoms with van der Waals surface area (Å²) in [5.74, 6) is 1.58. The van der Waals surface area contributed by atoms with Crippen LogP contribution in [0.4, 0.5) is 0 Å². The highest BCUT2D eigenvalue weighted by Crippen LogP contribution is 2.66. The summed E-state index contributed by atoms with van der Waals surface area (Å²) >= 11 is 13.3. The zero-order chi connectivity index (χ0) is 30.7. The van der Waals surface area contributed by atoms with Gasteiger partial charge in [0.1, 0.15) is 0 Å². The molecule has 0 aromatic rings. The molecule has 0 aliphatic carbocycles. The van der Waals surface area contributed by atoms with Crippen LogP contribution in [-0.4, -0.2) is 73.3 Å². The smallest absolute Gasteiger partial charge is 0.306 e. The molecule has 0 amide bonds. The third-order valence-corrected chi connectivity index (χ3v) is 16.2. The molecule has 2 aliphatic rings. The summed E-state index contributed by atoms with van der Waals surface area (Å²) in [4.78, 5) is 47.5. The molecular formula is C26H36O8S8. The summed E-state index contributed by atoms with van der Waals surface area (Å²) in [7, 11) is 0. The van der Waals surface area contributed by atoms with Crippen molar-refractivity contribution in [3.05, 3.63) is 25.4 Å². The lowest BCUT2D eigenvalue weighted by Crippen LogP contribution is -2.04. The Morgan fingerprint density at radius 1 is 0.452 bits per heavy atom. The summed E-state index contributed by atoms with van der Waals surface area (Å²) in [6, 6.07) is 0. The molecule has 16 heteroatoms. The Morgan fingerprint density at radius 2 is 0.667 bits per heavy atom. The number of rotatable bonds is 20. The maximum absolute atomic E-state index is 11.9. The second-order valence-corrected chi connectivity index (χ2v) is 17.8. The van der Waals surface area contributed by atoms with Crippen molar-refractivity contribution >= 4 is 118 Å². The summed E-state index contributed by atoms with van der Waals surface area (Å²) < 4.78 is 27.0. The lowest BCUT2D eigenvalue weighted by molar-refractivity contribution is -0.143. The summed E-state index contributed by atoms with van der Waals surface area (Å²) in [5.41, 5.74) is 0. The van der Waals surface area contributed by atoms with E-state index in [-0.39, 0.29) is 23.9 Å². The van der Waals surface area contributed by atoms with E-state index in [4.69, 9.17) is 18.9 Å². The number of esters is 4. The Hall–Kier alpha value is -0.100.